The molecule has 0 aliphatic carbocycles. The van der Waals surface area contributed by atoms with Gasteiger partial charge in [-0.1, -0.05) is 18.2 Å². The first-order chi connectivity index (χ1) is 10.6. The number of fused-ring (bicyclic) bond motifs is 1. The first-order valence-electron chi connectivity index (χ1n) is 6.98. The van der Waals surface area contributed by atoms with E-state index in [1.54, 1.807) is 12.1 Å². The summed E-state index contributed by atoms with van der Waals surface area (Å²) in [5.74, 6) is 0.577. The second kappa shape index (κ2) is 5.52. The highest BCUT2D eigenvalue weighted by atomic mass is 16.5. The molecule has 0 aliphatic heterocycles. The van der Waals surface area contributed by atoms with Crippen LogP contribution in [0.4, 0.5) is 5.69 Å². The molecular weight excluding hydrogens is 278 g/mol. The van der Waals surface area contributed by atoms with E-state index in [1.165, 1.54) is 7.11 Å². The fourth-order valence-electron chi connectivity index (χ4n) is 2.53. The third kappa shape index (κ3) is 2.41. The van der Waals surface area contributed by atoms with Gasteiger partial charge in [-0.3, -0.25) is 0 Å². The van der Waals surface area contributed by atoms with E-state index in [9.17, 15) is 4.79 Å². The van der Waals surface area contributed by atoms with Crippen molar-refractivity contribution in [3.63, 3.8) is 0 Å². The van der Waals surface area contributed by atoms with E-state index < -0.39 is 0 Å². The molecule has 112 valence electrons. The molecule has 2 aromatic carbocycles. The Labute approximate surface area is 128 Å². The summed E-state index contributed by atoms with van der Waals surface area (Å²) in [6.45, 7) is 2.63. The predicted octanol–water partition coefficient (Wildman–Crippen LogP) is 2.76. The Balaban J connectivity index is 1.95. The minimum Gasteiger partial charge on any atom is -0.465 e. The summed E-state index contributed by atoms with van der Waals surface area (Å²) in [7, 11) is 1.38. The van der Waals surface area contributed by atoms with E-state index in [4.69, 9.17) is 10.5 Å². The van der Waals surface area contributed by atoms with Gasteiger partial charge in [0.05, 0.1) is 23.9 Å². The predicted molar refractivity (Wildman–Crippen MR) is 85.8 cm³/mol. The molecular formula is C17H17N3O2. The molecule has 0 radical (unpaired) electrons. The largest absolute Gasteiger partial charge is 0.465 e. The number of carbonyl (C=O) groups is 1. The molecule has 3 aromatic rings. The fourth-order valence-corrected chi connectivity index (χ4v) is 2.53. The molecule has 0 unspecified atom stereocenters. The first kappa shape index (κ1) is 14.1. The van der Waals surface area contributed by atoms with Crippen LogP contribution in [0.3, 0.4) is 0 Å². The monoisotopic (exact) mass is 295 g/mol. The summed E-state index contributed by atoms with van der Waals surface area (Å²) in [5.41, 5.74) is 10.1. The Hall–Kier alpha value is -2.82. The number of imidazole rings is 1. The molecule has 1 aromatic heterocycles. The van der Waals surface area contributed by atoms with Gasteiger partial charge in [0, 0.05) is 6.54 Å². The lowest BCUT2D eigenvalue weighted by atomic mass is 10.1. The van der Waals surface area contributed by atoms with E-state index in [0.717, 1.165) is 22.4 Å². The van der Waals surface area contributed by atoms with Crippen molar-refractivity contribution in [2.75, 3.05) is 12.8 Å². The van der Waals surface area contributed by atoms with Crippen LogP contribution < -0.4 is 5.73 Å². The molecule has 2 N–H and O–H groups in total. The molecule has 0 aliphatic rings. The first-order valence-corrected chi connectivity index (χ1v) is 6.98. The average molecular weight is 295 g/mol. The number of benzene rings is 2. The van der Waals surface area contributed by atoms with Crippen molar-refractivity contribution < 1.29 is 9.53 Å². The Morgan fingerprint density at radius 3 is 2.64 bits per heavy atom. The maximum atomic E-state index is 11.5. The third-order valence-corrected chi connectivity index (χ3v) is 3.72. The number of nitrogen functional groups attached to an aromatic ring is 1. The second-order valence-electron chi connectivity index (χ2n) is 5.15. The van der Waals surface area contributed by atoms with Gasteiger partial charge in [-0.05, 0) is 36.8 Å². The lowest BCUT2D eigenvalue weighted by molar-refractivity contribution is 0.0600. The van der Waals surface area contributed by atoms with Crippen molar-refractivity contribution in [1.29, 1.82) is 0 Å². The minimum absolute atomic E-state index is 0.330. The number of aryl methyl sites for hydroxylation is 1. The standard InChI is InChI=1S/C17H17N3O2/c1-11-19-16-14(18)4-3-5-15(16)20(11)10-12-6-8-13(9-7-12)17(21)22-2/h3-9H,10,18H2,1-2H3. The van der Waals surface area contributed by atoms with Crippen molar-refractivity contribution in [3.05, 3.63) is 59.4 Å². The molecule has 0 bridgehead atoms. The van der Waals surface area contributed by atoms with Crippen molar-refractivity contribution >= 4 is 22.7 Å². The molecule has 0 amide bonds. The SMILES string of the molecule is COC(=O)c1ccc(Cn2c(C)nc3c(N)cccc32)cc1. The van der Waals surface area contributed by atoms with Gasteiger partial charge in [-0.25, -0.2) is 9.78 Å². The number of hydrogen-bond acceptors (Lipinski definition) is 4. The number of carbonyl (C=O) groups excluding carboxylic acids is 1. The summed E-state index contributed by atoms with van der Waals surface area (Å²) < 4.78 is 6.81. The van der Waals surface area contributed by atoms with E-state index >= 15 is 0 Å². The summed E-state index contributed by atoms with van der Waals surface area (Å²) >= 11 is 0. The number of aromatic nitrogens is 2. The van der Waals surface area contributed by atoms with Gasteiger partial charge in [0.2, 0.25) is 0 Å². The normalized spacial score (nSPS) is 10.8. The lowest BCUT2D eigenvalue weighted by Crippen LogP contribution is -2.04. The van der Waals surface area contributed by atoms with Crippen molar-refractivity contribution in [3.8, 4) is 0 Å². The molecule has 0 atom stereocenters. The van der Waals surface area contributed by atoms with Crippen LogP contribution in [-0.4, -0.2) is 22.6 Å². The maximum absolute atomic E-state index is 11.5. The summed E-state index contributed by atoms with van der Waals surface area (Å²) in [6, 6.07) is 13.2. The van der Waals surface area contributed by atoms with Crippen LogP contribution in [0, 0.1) is 6.92 Å². The minimum atomic E-state index is -0.330. The van der Waals surface area contributed by atoms with Crippen LogP contribution in [0.25, 0.3) is 11.0 Å². The van der Waals surface area contributed by atoms with Crippen LogP contribution >= 0.6 is 0 Å². The van der Waals surface area contributed by atoms with Crippen LogP contribution in [0.5, 0.6) is 0 Å². The van der Waals surface area contributed by atoms with Gasteiger partial charge in [0.15, 0.2) is 0 Å². The van der Waals surface area contributed by atoms with Crippen LogP contribution in [-0.2, 0) is 11.3 Å². The lowest BCUT2D eigenvalue weighted by Gasteiger charge is -2.08. The number of anilines is 1. The summed E-state index contributed by atoms with van der Waals surface area (Å²) in [4.78, 5) is 16.0. The maximum Gasteiger partial charge on any atom is 0.337 e. The number of hydrogen-bond donors (Lipinski definition) is 1. The quantitative estimate of drug-likeness (QED) is 0.596. The molecule has 3 rings (SSSR count). The van der Waals surface area contributed by atoms with Gasteiger partial charge in [0.1, 0.15) is 11.3 Å². The number of methoxy groups -OCH3 is 1. The highest BCUT2D eigenvalue weighted by Crippen LogP contribution is 2.22. The number of nitrogens with zero attached hydrogens (tertiary/aromatic N) is 2. The van der Waals surface area contributed by atoms with Crippen molar-refractivity contribution in [2.45, 2.75) is 13.5 Å². The topological polar surface area (TPSA) is 70.1 Å². The molecule has 5 heteroatoms. The second-order valence-corrected chi connectivity index (χ2v) is 5.15. The Morgan fingerprint density at radius 2 is 1.95 bits per heavy atom. The number of nitrogens with two attached hydrogens (primary N) is 1. The number of esters is 1. The number of rotatable bonds is 3. The molecule has 0 fully saturated rings. The van der Waals surface area contributed by atoms with Crippen LogP contribution in [0.2, 0.25) is 0 Å². The molecule has 5 nitrogen and oxygen atoms in total. The zero-order valence-electron chi connectivity index (χ0n) is 12.5. The fraction of sp³-hybridized carbons (Fsp3) is 0.176. The smallest absolute Gasteiger partial charge is 0.337 e. The highest BCUT2D eigenvalue weighted by molar-refractivity contribution is 5.89. The van der Waals surface area contributed by atoms with E-state index in [-0.39, 0.29) is 5.97 Å². The summed E-state index contributed by atoms with van der Waals surface area (Å²) in [6.07, 6.45) is 0. The van der Waals surface area contributed by atoms with Gasteiger partial charge in [-0.15, -0.1) is 0 Å². The Bertz CT molecular complexity index is 835. The van der Waals surface area contributed by atoms with Gasteiger partial charge >= 0.3 is 5.97 Å². The average Bonchev–Trinajstić information content (AvgIpc) is 2.85. The molecule has 22 heavy (non-hydrogen) atoms. The highest BCUT2D eigenvalue weighted by Gasteiger charge is 2.10. The molecule has 1 heterocycles. The zero-order chi connectivity index (χ0) is 15.7. The number of ether oxygens (including phenoxy) is 1. The van der Waals surface area contributed by atoms with E-state index in [2.05, 4.69) is 9.55 Å². The van der Waals surface area contributed by atoms with Gasteiger partial charge in [0.25, 0.3) is 0 Å². The molecule has 0 saturated carbocycles. The van der Waals surface area contributed by atoms with E-state index in [1.807, 2.05) is 37.3 Å². The molecule has 0 spiro atoms. The van der Waals surface area contributed by atoms with E-state index in [0.29, 0.717) is 17.8 Å². The summed E-state index contributed by atoms with van der Waals surface area (Å²) in [5, 5.41) is 0. The van der Waals surface area contributed by atoms with Crippen LogP contribution in [0.15, 0.2) is 42.5 Å². The van der Waals surface area contributed by atoms with Gasteiger partial charge in [-0.2, -0.15) is 0 Å². The number of para-hydroxylation sites is 1. The van der Waals surface area contributed by atoms with Crippen LogP contribution in [0.1, 0.15) is 21.7 Å². The molecule has 0 saturated heterocycles. The Morgan fingerprint density at radius 1 is 1.23 bits per heavy atom. The van der Waals surface area contributed by atoms with Crippen molar-refractivity contribution in [1.82, 2.24) is 9.55 Å². The van der Waals surface area contributed by atoms with Crippen molar-refractivity contribution in [2.24, 2.45) is 0 Å². The Kier molecular flexibility index (Phi) is 3.55. The van der Waals surface area contributed by atoms with Gasteiger partial charge < -0.3 is 15.0 Å². The zero-order valence-corrected chi connectivity index (χ0v) is 12.5. The third-order valence-electron chi connectivity index (χ3n) is 3.72.